The lowest BCUT2D eigenvalue weighted by atomic mass is 10.1. The number of ether oxygens (including phenoxy) is 1. The van der Waals surface area contributed by atoms with Gasteiger partial charge in [-0.25, -0.2) is 0 Å². The molecule has 1 heterocycles. The van der Waals surface area contributed by atoms with Crippen molar-refractivity contribution in [2.24, 2.45) is 4.99 Å². The van der Waals surface area contributed by atoms with Crippen molar-refractivity contribution >= 4 is 12.1 Å². The lowest BCUT2D eigenvalue weighted by Gasteiger charge is -2.25. The van der Waals surface area contributed by atoms with Crippen LogP contribution >= 0.6 is 0 Å². The van der Waals surface area contributed by atoms with Gasteiger partial charge in [-0.1, -0.05) is 42.5 Å². The van der Waals surface area contributed by atoms with Gasteiger partial charge in [0.15, 0.2) is 0 Å². The highest BCUT2D eigenvalue weighted by molar-refractivity contribution is 5.78. The fraction of sp³-hybridized carbons (Fsp3) is 0.478. The number of nitrogens with one attached hydrogen (secondary N) is 1. The van der Waals surface area contributed by atoms with Crippen LogP contribution in [-0.2, 0) is 9.53 Å². The Morgan fingerprint density at radius 3 is 2.73 bits per heavy atom. The predicted molar refractivity (Wildman–Crippen MR) is 121 cm³/mol. The van der Waals surface area contributed by atoms with E-state index in [2.05, 4.69) is 21.8 Å². The van der Waals surface area contributed by atoms with Gasteiger partial charge in [0.05, 0.1) is 19.3 Å². The van der Waals surface area contributed by atoms with E-state index in [1.165, 1.54) is 12.3 Å². The molecule has 0 aliphatic carbocycles. The van der Waals surface area contributed by atoms with Gasteiger partial charge in [0, 0.05) is 44.9 Å². The highest BCUT2D eigenvalue weighted by atomic mass is 16.5. The molecule has 0 saturated carbocycles. The van der Waals surface area contributed by atoms with Crippen LogP contribution in [-0.4, -0.2) is 72.4 Å². The van der Waals surface area contributed by atoms with E-state index < -0.39 is 12.3 Å². The third-order valence-electron chi connectivity index (χ3n) is 4.37. The van der Waals surface area contributed by atoms with E-state index >= 15 is 0 Å². The van der Waals surface area contributed by atoms with Gasteiger partial charge < -0.3 is 20.3 Å². The number of carbonyl (C=O) groups excluding carboxylic acids is 1. The summed E-state index contributed by atoms with van der Waals surface area (Å²) in [7, 11) is 0. The van der Waals surface area contributed by atoms with Crippen molar-refractivity contribution in [2.45, 2.75) is 39.0 Å². The maximum Gasteiger partial charge on any atom is 0.227 e. The Balaban J connectivity index is 2.43. The number of hydrogen-bond donors (Lipinski definition) is 3. The zero-order chi connectivity index (χ0) is 22.2. The van der Waals surface area contributed by atoms with Gasteiger partial charge in [-0.2, -0.15) is 0 Å². The number of carbonyl (C=O) groups is 1. The fourth-order valence-corrected chi connectivity index (χ4v) is 2.69. The molecular weight excluding hydrogens is 382 g/mol. The fourth-order valence-electron chi connectivity index (χ4n) is 2.69. The average molecular weight is 418 g/mol. The first-order valence-corrected chi connectivity index (χ1v) is 10.2. The van der Waals surface area contributed by atoms with E-state index in [0.29, 0.717) is 12.0 Å². The van der Waals surface area contributed by atoms with Gasteiger partial charge >= 0.3 is 0 Å². The van der Waals surface area contributed by atoms with Crippen LogP contribution in [0.2, 0.25) is 0 Å². The van der Waals surface area contributed by atoms with Gasteiger partial charge in [-0.3, -0.25) is 14.7 Å². The van der Waals surface area contributed by atoms with Gasteiger partial charge in [-0.15, -0.1) is 0 Å². The second kappa shape index (κ2) is 15.5. The number of aliphatic imine (C=N–C) groups is 1. The highest BCUT2D eigenvalue weighted by Crippen LogP contribution is 2.07. The first-order chi connectivity index (χ1) is 14.4. The summed E-state index contributed by atoms with van der Waals surface area (Å²) in [4.78, 5) is 18.2. The number of aliphatic hydroxyl groups is 2. The molecule has 0 aromatic rings. The van der Waals surface area contributed by atoms with Crippen molar-refractivity contribution in [1.82, 2.24) is 10.2 Å². The number of rotatable bonds is 12. The zero-order valence-electron chi connectivity index (χ0n) is 18.0. The molecule has 1 rings (SSSR count). The van der Waals surface area contributed by atoms with Crippen LogP contribution in [0.5, 0.6) is 0 Å². The molecule has 0 spiro atoms. The van der Waals surface area contributed by atoms with Crippen molar-refractivity contribution in [3.05, 3.63) is 60.4 Å². The first-order valence-electron chi connectivity index (χ1n) is 10.2. The normalized spacial score (nSPS) is 18.9. The minimum absolute atomic E-state index is 0.171. The van der Waals surface area contributed by atoms with Crippen molar-refractivity contribution in [3.63, 3.8) is 0 Å². The molecule has 30 heavy (non-hydrogen) atoms. The largest absolute Gasteiger partial charge is 0.389 e. The van der Waals surface area contributed by atoms with E-state index in [-0.39, 0.29) is 12.3 Å². The molecule has 0 bridgehead atoms. The Morgan fingerprint density at radius 2 is 2.07 bits per heavy atom. The molecule has 166 valence electrons. The SMILES string of the molecule is C=C/C=N/C(O)C/C(C)=C/C=C/NC(=O)C/C=C(\C=C/CN1CCOCC1)C(C)O. The summed E-state index contributed by atoms with van der Waals surface area (Å²) in [5.41, 5.74) is 1.64. The summed E-state index contributed by atoms with van der Waals surface area (Å²) in [6.07, 6.45) is 12.8. The molecule has 1 aliphatic rings. The van der Waals surface area contributed by atoms with Gasteiger partial charge in [0.1, 0.15) is 6.23 Å². The zero-order valence-corrected chi connectivity index (χ0v) is 18.0. The third-order valence-corrected chi connectivity index (χ3v) is 4.37. The Morgan fingerprint density at radius 1 is 1.33 bits per heavy atom. The van der Waals surface area contributed by atoms with E-state index in [0.717, 1.165) is 38.4 Å². The van der Waals surface area contributed by atoms with Crippen LogP contribution in [0, 0.1) is 0 Å². The van der Waals surface area contributed by atoms with Crippen LogP contribution in [0.25, 0.3) is 0 Å². The predicted octanol–water partition coefficient (Wildman–Crippen LogP) is 2.11. The van der Waals surface area contributed by atoms with Gasteiger partial charge in [-0.05, 0) is 25.5 Å². The molecule has 2 unspecified atom stereocenters. The topological polar surface area (TPSA) is 94.4 Å². The quantitative estimate of drug-likeness (QED) is 0.334. The number of nitrogens with zero attached hydrogens (tertiary/aromatic N) is 2. The van der Waals surface area contributed by atoms with E-state index in [1.807, 2.05) is 19.1 Å². The Hall–Kier alpha value is -2.32. The van der Waals surface area contributed by atoms with Crippen molar-refractivity contribution in [3.8, 4) is 0 Å². The number of amides is 1. The van der Waals surface area contributed by atoms with Crippen LogP contribution in [0.3, 0.4) is 0 Å². The number of morpholine rings is 1. The minimum atomic E-state index is -0.803. The molecule has 7 heteroatoms. The molecule has 0 radical (unpaired) electrons. The number of aliphatic hydroxyl groups excluding tert-OH is 2. The second-order valence-electron chi connectivity index (χ2n) is 7.06. The molecule has 1 saturated heterocycles. The van der Waals surface area contributed by atoms with E-state index in [9.17, 15) is 15.0 Å². The molecule has 0 aromatic carbocycles. The molecular formula is C23H35N3O4. The monoisotopic (exact) mass is 417 g/mol. The third kappa shape index (κ3) is 12.3. The first kappa shape index (κ1) is 25.7. The Labute approximate surface area is 179 Å². The summed E-state index contributed by atoms with van der Waals surface area (Å²) in [6, 6.07) is 0. The summed E-state index contributed by atoms with van der Waals surface area (Å²) in [5.74, 6) is -0.173. The molecule has 7 nitrogen and oxygen atoms in total. The van der Waals surface area contributed by atoms with Crippen molar-refractivity contribution in [1.29, 1.82) is 0 Å². The standard InChI is InChI=1S/C23H35N3O4/c1-4-11-24-23(29)18-19(2)7-5-12-25-22(28)10-9-21(20(3)27)8-6-13-26-14-16-30-17-15-26/h4-9,11-12,20,23,27,29H,1,10,13-18H2,2-3H3,(H,25,28)/b8-6-,12-5+,19-7+,21-9+,24-11+. The van der Waals surface area contributed by atoms with Crippen LogP contribution in [0.15, 0.2) is 65.4 Å². The number of hydrogen-bond acceptors (Lipinski definition) is 6. The highest BCUT2D eigenvalue weighted by Gasteiger charge is 2.08. The van der Waals surface area contributed by atoms with Crippen LogP contribution in [0.1, 0.15) is 26.7 Å². The molecule has 1 fully saturated rings. The molecule has 1 amide bonds. The summed E-state index contributed by atoms with van der Waals surface area (Å²) in [5, 5.41) is 22.3. The lowest BCUT2D eigenvalue weighted by Crippen LogP contribution is -2.36. The Kier molecular flexibility index (Phi) is 13.3. The van der Waals surface area contributed by atoms with Crippen LogP contribution < -0.4 is 5.32 Å². The van der Waals surface area contributed by atoms with E-state index in [4.69, 9.17) is 4.74 Å². The van der Waals surface area contributed by atoms with E-state index in [1.54, 1.807) is 31.4 Å². The average Bonchev–Trinajstić information content (AvgIpc) is 2.72. The molecule has 1 aliphatic heterocycles. The number of allylic oxidation sites excluding steroid dienone is 3. The summed E-state index contributed by atoms with van der Waals surface area (Å²) in [6.45, 7) is 11.2. The molecule has 2 atom stereocenters. The van der Waals surface area contributed by atoms with Gasteiger partial charge in [0.2, 0.25) is 5.91 Å². The summed E-state index contributed by atoms with van der Waals surface area (Å²) < 4.78 is 5.32. The maximum atomic E-state index is 12.0. The summed E-state index contributed by atoms with van der Waals surface area (Å²) >= 11 is 0. The van der Waals surface area contributed by atoms with Crippen molar-refractivity contribution < 1.29 is 19.7 Å². The smallest absolute Gasteiger partial charge is 0.227 e. The second-order valence-corrected chi connectivity index (χ2v) is 7.06. The van der Waals surface area contributed by atoms with Gasteiger partial charge in [0.25, 0.3) is 0 Å². The maximum absolute atomic E-state index is 12.0. The molecule has 0 aromatic heterocycles. The van der Waals surface area contributed by atoms with Crippen molar-refractivity contribution in [2.75, 3.05) is 32.8 Å². The lowest BCUT2D eigenvalue weighted by molar-refractivity contribution is -0.119. The van der Waals surface area contributed by atoms with Crippen LogP contribution in [0.4, 0.5) is 0 Å². The minimum Gasteiger partial charge on any atom is -0.389 e. The Bertz CT molecular complexity index is 672. The molecule has 3 N–H and O–H groups in total.